The second-order valence-corrected chi connectivity index (χ2v) is 8.02. The summed E-state index contributed by atoms with van der Waals surface area (Å²) in [5.74, 6) is -0.404. The van der Waals surface area contributed by atoms with E-state index in [4.69, 9.17) is 0 Å². The number of nitrogens with one attached hydrogen (secondary N) is 1. The summed E-state index contributed by atoms with van der Waals surface area (Å²) in [7, 11) is 0. The van der Waals surface area contributed by atoms with Crippen LogP contribution >= 0.6 is 0 Å². The van der Waals surface area contributed by atoms with Gasteiger partial charge in [-0.25, -0.2) is 0 Å². The number of carbonyl (C=O) groups excluding carboxylic acids is 1. The third kappa shape index (κ3) is 5.56. The second-order valence-electron chi connectivity index (χ2n) is 8.02. The van der Waals surface area contributed by atoms with E-state index in [2.05, 4.69) is 57.3 Å². The van der Waals surface area contributed by atoms with E-state index in [9.17, 15) is 14.7 Å². The van der Waals surface area contributed by atoms with E-state index < -0.39 is 5.97 Å². The van der Waals surface area contributed by atoms with Crippen LogP contribution in [0.25, 0.3) is 0 Å². The Morgan fingerprint density at radius 1 is 1.15 bits per heavy atom. The molecule has 5 heteroatoms. The van der Waals surface area contributed by atoms with Crippen molar-refractivity contribution in [3.05, 3.63) is 35.4 Å². The predicted molar refractivity (Wildman–Crippen MR) is 103 cm³/mol. The molecule has 1 aromatic rings. The molecule has 1 aliphatic rings. The summed E-state index contributed by atoms with van der Waals surface area (Å²) in [6, 6.07) is 8.42. The fourth-order valence-electron chi connectivity index (χ4n) is 3.55. The molecule has 144 valence electrons. The summed E-state index contributed by atoms with van der Waals surface area (Å²) in [5, 5.41) is 12.3. The summed E-state index contributed by atoms with van der Waals surface area (Å²) in [5.41, 5.74) is 2.40. The number of likely N-dealkylation sites (tertiary alicyclic amines) is 1. The van der Waals surface area contributed by atoms with Crippen molar-refractivity contribution in [1.29, 1.82) is 0 Å². The number of amides is 1. The van der Waals surface area contributed by atoms with Crippen LogP contribution in [0.1, 0.15) is 63.6 Å². The molecule has 1 aromatic carbocycles. The number of rotatable bonds is 7. The van der Waals surface area contributed by atoms with Gasteiger partial charge in [0.15, 0.2) is 0 Å². The first-order valence-electron chi connectivity index (χ1n) is 9.62. The summed E-state index contributed by atoms with van der Waals surface area (Å²) < 4.78 is 0. The van der Waals surface area contributed by atoms with Gasteiger partial charge in [-0.05, 0) is 42.3 Å². The van der Waals surface area contributed by atoms with E-state index in [1.807, 2.05) is 4.90 Å². The molecular formula is C21H32N2O3. The minimum absolute atomic E-state index is 0.0382. The third-order valence-corrected chi connectivity index (χ3v) is 5.17. The number of hydrogen-bond donors (Lipinski definition) is 2. The number of hydrogen-bond acceptors (Lipinski definition) is 3. The van der Waals surface area contributed by atoms with E-state index >= 15 is 0 Å². The first-order chi connectivity index (χ1) is 12.3. The molecule has 0 spiro atoms. The van der Waals surface area contributed by atoms with Crippen LogP contribution < -0.4 is 5.32 Å². The molecule has 0 aliphatic carbocycles. The van der Waals surface area contributed by atoms with Crippen molar-refractivity contribution < 1.29 is 14.7 Å². The first-order valence-corrected chi connectivity index (χ1v) is 9.62. The van der Waals surface area contributed by atoms with E-state index in [1.54, 1.807) is 0 Å². The molecule has 2 unspecified atom stereocenters. The molecule has 26 heavy (non-hydrogen) atoms. The lowest BCUT2D eigenvalue weighted by Crippen LogP contribution is -2.45. The van der Waals surface area contributed by atoms with Gasteiger partial charge in [0.05, 0.1) is 18.5 Å². The second kappa shape index (κ2) is 9.17. The molecule has 0 bridgehead atoms. The number of aliphatic carboxylic acids is 1. The van der Waals surface area contributed by atoms with Gasteiger partial charge in [-0.3, -0.25) is 14.5 Å². The average Bonchev–Trinajstić information content (AvgIpc) is 2.59. The van der Waals surface area contributed by atoms with Crippen LogP contribution in [0.15, 0.2) is 24.3 Å². The number of carbonyl (C=O) groups is 2. The van der Waals surface area contributed by atoms with Crippen molar-refractivity contribution >= 4 is 11.9 Å². The van der Waals surface area contributed by atoms with Crippen LogP contribution in [-0.4, -0.2) is 41.5 Å². The van der Waals surface area contributed by atoms with Crippen LogP contribution in [0.5, 0.6) is 0 Å². The van der Waals surface area contributed by atoms with Gasteiger partial charge in [-0.15, -0.1) is 0 Å². The summed E-state index contributed by atoms with van der Waals surface area (Å²) in [6.07, 6.45) is 1.53. The minimum atomic E-state index is -0.764. The summed E-state index contributed by atoms with van der Waals surface area (Å²) in [4.78, 5) is 25.7. The molecule has 1 heterocycles. The Bertz CT molecular complexity index is 610. The predicted octanol–water partition coefficient (Wildman–Crippen LogP) is 3.42. The molecule has 2 rings (SSSR count). The van der Waals surface area contributed by atoms with E-state index in [0.29, 0.717) is 18.9 Å². The van der Waals surface area contributed by atoms with Gasteiger partial charge >= 0.3 is 5.97 Å². The van der Waals surface area contributed by atoms with Crippen LogP contribution in [0.4, 0.5) is 0 Å². The van der Waals surface area contributed by atoms with Crippen LogP contribution in [0.3, 0.4) is 0 Å². The zero-order valence-electron chi connectivity index (χ0n) is 16.4. The maximum atomic E-state index is 12.6. The highest BCUT2D eigenvalue weighted by Crippen LogP contribution is 2.24. The Hall–Kier alpha value is -1.88. The molecule has 1 amide bonds. The Morgan fingerprint density at radius 3 is 2.31 bits per heavy atom. The number of carboxylic acid groups (broad SMARTS) is 1. The smallest absolute Gasteiger partial charge is 0.307 e. The normalized spacial score (nSPS) is 19.5. The first kappa shape index (κ1) is 20.4. The van der Waals surface area contributed by atoms with Gasteiger partial charge in [0.25, 0.3) is 0 Å². The van der Waals surface area contributed by atoms with E-state index in [0.717, 1.165) is 18.5 Å². The lowest BCUT2D eigenvalue weighted by Gasteiger charge is -2.31. The number of carboxylic acids is 1. The van der Waals surface area contributed by atoms with Gasteiger partial charge in [0.1, 0.15) is 0 Å². The molecule has 1 fully saturated rings. The van der Waals surface area contributed by atoms with Gasteiger partial charge < -0.3 is 10.4 Å². The van der Waals surface area contributed by atoms with Gasteiger partial charge in [-0.2, -0.15) is 0 Å². The zero-order chi connectivity index (χ0) is 19.3. The average molecular weight is 360 g/mol. The van der Waals surface area contributed by atoms with Crippen molar-refractivity contribution in [1.82, 2.24) is 10.2 Å². The van der Waals surface area contributed by atoms with Crippen molar-refractivity contribution in [2.45, 2.75) is 52.5 Å². The number of benzene rings is 1. The van der Waals surface area contributed by atoms with Gasteiger partial charge in [-0.1, -0.05) is 52.0 Å². The highest BCUT2D eigenvalue weighted by Gasteiger charge is 2.27. The summed E-state index contributed by atoms with van der Waals surface area (Å²) >= 11 is 0. The minimum Gasteiger partial charge on any atom is -0.481 e. The maximum Gasteiger partial charge on any atom is 0.307 e. The standard InChI is InChI=1S/C21H32N2O3/c1-14(2)16-7-9-17(10-8-16)20(15(3)4)22-19(24)13-23-11-5-6-18(12-23)21(25)26/h7-10,14-15,18,20H,5-6,11-13H2,1-4H3,(H,22,24)(H,25,26). The Balaban J connectivity index is 1.98. The maximum absolute atomic E-state index is 12.6. The fourth-order valence-corrected chi connectivity index (χ4v) is 3.55. The van der Waals surface area contributed by atoms with E-state index in [-0.39, 0.29) is 30.3 Å². The number of piperidine rings is 1. The van der Waals surface area contributed by atoms with Crippen LogP contribution in [0.2, 0.25) is 0 Å². The zero-order valence-corrected chi connectivity index (χ0v) is 16.4. The third-order valence-electron chi connectivity index (χ3n) is 5.17. The van der Waals surface area contributed by atoms with Crippen molar-refractivity contribution in [3.63, 3.8) is 0 Å². The van der Waals surface area contributed by atoms with Crippen molar-refractivity contribution in [2.24, 2.45) is 11.8 Å². The highest BCUT2D eigenvalue weighted by atomic mass is 16.4. The molecule has 1 saturated heterocycles. The Kier molecular flexibility index (Phi) is 7.21. The van der Waals surface area contributed by atoms with E-state index in [1.165, 1.54) is 5.56 Å². The van der Waals surface area contributed by atoms with Gasteiger partial charge in [0, 0.05) is 6.54 Å². The summed E-state index contributed by atoms with van der Waals surface area (Å²) in [6.45, 7) is 10.0. The lowest BCUT2D eigenvalue weighted by atomic mass is 9.93. The molecule has 0 aromatic heterocycles. The monoisotopic (exact) mass is 360 g/mol. The SMILES string of the molecule is CC(C)c1ccc(C(NC(=O)CN2CCCC(C(=O)O)C2)C(C)C)cc1. The largest absolute Gasteiger partial charge is 0.481 e. The lowest BCUT2D eigenvalue weighted by molar-refractivity contribution is -0.144. The molecular weight excluding hydrogens is 328 g/mol. The Morgan fingerprint density at radius 2 is 1.77 bits per heavy atom. The molecule has 5 nitrogen and oxygen atoms in total. The van der Waals surface area contributed by atoms with Crippen molar-refractivity contribution in [3.8, 4) is 0 Å². The fraction of sp³-hybridized carbons (Fsp3) is 0.619. The molecule has 0 saturated carbocycles. The van der Waals surface area contributed by atoms with Crippen LogP contribution in [0, 0.1) is 11.8 Å². The Labute approximate surface area is 156 Å². The van der Waals surface area contributed by atoms with Gasteiger partial charge in [0.2, 0.25) is 5.91 Å². The molecule has 2 N–H and O–H groups in total. The highest BCUT2D eigenvalue weighted by molar-refractivity contribution is 5.78. The quantitative estimate of drug-likeness (QED) is 0.782. The number of nitrogens with zero attached hydrogens (tertiary/aromatic N) is 1. The van der Waals surface area contributed by atoms with Crippen molar-refractivity contribution in [2.75, 3.05) is 19.6 Å². The van der Waals surface area contributed by atoms with Crippen LogP contribution in [-0.2, 0) is 9.59 Å². The topological polar surface area (TPSA) is 69.6 Å². The molecule has 2 atom stereocenters. The molecule has 1 aliphatic heterocycles. The molecule has 0 radical (unpaired) electrons.